The van der Waals surface area contributed by atoms with Crippen molar-refractivity contribution < 1.29 is 14.4 Å². The van der Waals surface area contributed by atoms with Gasteiger partial charge in [0.05, 0.1) is 16.6 Å². The largest absolute Gasteiger partial charge is 0.325 e. The summed E-state index contributed by atoms with van der Waals surface area (Å²) in [5, 5.41) is 3.09. The molecule has 7 nitrogen and oxygen atoms in total. The predicted molar refractivity (Wildman–Crippen MR) is 157 cm³/mol. The van der Waals surface area contributed by atoms with Gasteiger partial charge in [-0.3, -0.25) is 23.7 Å². The second-order valence-corrected chi connectivity index (χ2v) is 12.6. The number of aromatic nitrogens is 1. The number of carbonyl (C=O) groups is 3. The summed E-state index contributed by atoms with van der Waals surface area (Å²) in [6.07, 6.45) is 0. The number of halogens is 2. The molecule has 1 aromatic heterocycles. The van der Waals surface area contributed by atoms with Crippen LogP contribution in [0.2, 0.25) is 5.02 Å². The molecule has 2 aliphatic heterocycles. The minimum absolute atomic E-state index is 0.210. The number of hydrogen-bond donors (Lipinski definition) is 1. The SMILES string of the molecule is O=C(Cn1c2c(sc1=O)[C@H](c1cccc(Br)c1)C1C(=O)N(c3ccc(Cl)cc3)C(=O)C1S2)Nc1ccccc1. The molecule has 0 spiro atoms. The van der Waals surface area contributed by atoms with Crippen molar-refractivity contribution in [3.63, 3.8) is 0 Å². The summed E-state index contributed by atoms with van der Waals surface area (Å²) in [7, 11) is 0. The zero-order valence-corrected chi connectivity index (χ0v) is 24.0. The Balaban J connectivity index is 1.42. The molecule has 0 aliphatic carbocycles. The Morgan fingerprint density at radius 1 is 0.949 bits per heavy atom. The predicted octanol–water partition coefficient (Wildman–Crippen LogP) is 5.76. The van der Waals surface area contributed by atoms with E-state index >= 15 is 0 Å². The van der Waals surface area contributed by atoms with Crippen LogP contribution < -0.4 is 15.1 Å². The number of hydrogen-bond acceptors (Lipinski definition) is 6. The molecular formula is C28H19BrClN3O4S2. The molecule has 2 unspecified atom stereocenters. The lowest BCUT2D eigenvalue weighted by atomic mass is 9.83. The first-order valence-corrected chi connectivity index (χ1v) is 14.8. The van der Waals surface area contributed by atoms with Gasteiger partial charge in [-0.1, -0.05) is 81.0 Å². The van der Waals surface area contributed by atoms with E-state index in [0.717, 1.165) is 21.4 Å². The average Bonchev–Trinajstić information content (AvgIpc) is 3.36. The van der Waals surface area contributed by atoms with Gasteiger partial charge in [-0.2, -0.15) is 0 Å². The highest BCUT2D eigenvalue weighted by molar-refractivity contribution is 9.10. The summed E-state index contributed by atoms with van der Waals surface area (Å²) < 4.78 is 2.23. The molecule has 1 saturated heterocycles. The van der Waals surface area contributed by atoms with Crippen molar-refractivity contribution in [1.82, 2.24) is 4.57 Å². The third-order valence-corrected chi connectivity index (χ3v) is 10.1. The first-order valence-electron chi connectivity index (χ1n) is 12.0. The molecule has 1 fully saturated rings. The normalized spacial score (nSPS) is 20.1. The van der Waals surface area contributed by atoms with Gasteiger partial charge >= 0.3 is 4.87 Å². The number of fused-ring (bicyclic) bond motifs is 2. The number of imide groups is 1. The number of carbonyl (C=O) groups excluding carboxylic acids is 3. The molecule has 3 aromatic carbocycles. The van der Waals surface area contributed by atoms with E-state index in [4.69, 9.17) is 11.6 Å². The Morgan fingerprint density at radius 2 is 1.69 bits per heavy atom. The molecular weight excluding hydrogens is 622 g/mol. The molecule has 3 atom stereocenters. The number of benzene rings is 3. The number of anilines is 2. The van der Waals surface area contributed by atoms with Crippen LogP contribution in [0.4, 0.5) is 11.4 Å². The zero-order valence-electron chi connectivity index (χ0n) is 20.0. The van der Waals surface area contributed by atoms with Gasteiger partial charge in [-0.25, -0.2) is 4.90 Å². The van der Waals surface area contributed by atoms with Crippen LogP contribution in [0.5, 0.6) is 0 Å². The van der Waals surface area contributed by atoms with E-state index in [1.165, 1.54) is 21.2 Å². The number of thiazole rings is 1. The van der Waals surface area contributed by atoms with Crippen molar-refractivity contribution >= 4 is 79.7 Å². The third-order valence-electron chi connectivity index (χ3n) is 6.70. The fourth-order valence-electron chi connectivity index (χ4n) is 5.02. The number of nitrogens with zero attached hydrogens (tertiary/aromatic N) is 2. The van der Waals surface area contributed by atoms with E-state index in [0.29, 0.717) is 26.3 Å². The molecule has 3 heterocycles. The van der Waals surface area contributed by atoms with E-state index in [9.17, 15) is 19.2 Å². The van der Waals surface area contributed by atoms with Crippen LogP contribution in [-0.2, 0) is 20.9 Å². The lowest BCUT2D eigenvalue weighted by Gasteiger charge is -2.30. The monoisotopic (exact) mass is 639 g/mol. The van der Waals surface area contributed by atoms with Crippen LogP contribution in [0.25, 0.3) is 0 Å². The molecule has 0 bridgehead atoms. The van der Waals surface area contributed by atoms with Gasteiger partial charge in [0.1, 0.15) is 11.8 Å². The van der Waals surface area contributed by atoms with Gasteiger partial charge in [0, 0.05) is 26.0 Å². The van der Waals surface area contributed by atoms with Crippen LogP contribution in [0.15, 0.2) is 93.2 Å². The summed E-state index contributed by atoms with van der Waals surface area (Å²) >= 11 is 11.8. The van der Waals surface area contributed by atoms with Gasteiger partial charge < -0.3 is 5.32 Å². The summed E-state index contributed by atoms with van der Waals surface area (Å²) in [6.45, 7) is -0.210. The maximum absolute atomic E-state index is 13.9. The second kappa shape index (κ2) is 10.4. The molecule has 0 radical (unpaired) electrons. The molecule has 6 rings (SSSR count). The summed E-state index contributed by atoms with van der Waals surface area (Å²) in [5.74, 6) is -2.30. The van der Waals surface area contributed by atoms with E-state index in [2.05, 4.69) is 21.2 Å². The smallest absolute Gasteiger partial charge is 0.308 e. The van der Waals surface area contributed by atoms with Crippen LogP contribution in [0.1, 0.15) is 16.4 Å². The fourth-order valence-corrected chi connectivity index (χ4v) is 8.34. The molecule has 4 aromatic rings. The number of thioether (sulfide) groups is 1. The van der Waals surface area contributed by atoms with Crippen molar-refractivity contribution in [2.75, 3.05) is 10.2 Å². The summed E-state index contributed by atoms with van der Waals surface area (Å²) in [4.78, 5) is 55.3. The Kier molecular flexibility index (Phi) is 6.96. The lowest BCUT2D eigenvalue weighted by molar-refractivity contribution is -0.122. The molecule has 39 heavy (non-hydrogen) atoms. The standard InChI is InChI=1S/C28H19BrClN3O4S2/c29-16-6-4-5-15(13-16)21-22-23(26(36)33(25(22)35)19-11-9-17(30)10-12-19)38-27-24(21)39-28(37)32(27)14-20(34)31-18-7-2-1-3-8-18/h1-13,21-23H,14H2,(H,31,34)/t21-,22?,23?/m1/s1. The number of amides is 3. The van der Waals surface area contributed by atoms with Crippen molar-refractivity contribution in [1.29, 1.82) is 0 Å². The van der Waals surface area contributed by atoms with Crippen LogP contribution in [0, 0.1) is 5.92 Å². The topological polar surface area (TPSA) is 88.5 Å². The van der Waals surface area contributed by atoms with Crippen LogP contribution in [0.3, 0.4) is 0 Å². The molecule has 1 N–H and O–H groups in total. The van der Waals surface area contributed by atoms with Crippen molar-refractivity contribution in [3.8, 4) is 0 Å². The maximum atomic E-state index is 13.9. The highest BCUT2D eigenvalue weighted by Gasteiger charge is 2.56. The highest BCUT2D eigenvalue weighted by atomic mass is 79.9. The molecule has 11 heteroatoms. The Hall–Kier alpha value is -3.18. The minimum Gasteiger partial charge on any atom is -0.325 e. The summed E-state index contributed by atoms with van der Waals surface area (Å²) in [5.41, 5.74) is 1.87. The average molecular weight is 641 g/mol. The van der Waals surface area contributed by atoms with Gasteiger partial charge in [-0.05, 0) is 54.1 Å². The fraction of sp³-hybridized carbons (Fsp3) is 0.143. The zero-order chi connectivity index (χ0) is 27.3. The molecule has 0 saturated carbocycles. The highest BCUT2D eigenvalue weighted by Crippen LogP contribution is 2.54. The van der Waals surface area contributed by atoms with E-state index in [-0.39, 0.29) is 29.1 Å². The van der Waals surface area contributed by atoms with Gasteiger partial charge in [0.2, 0.25) is 17.7 Å². The van der Waals surface area contributed by atoms with Crippen molar-refractivity contribution in [2.45, 2.75) is 22.7 Å². The number of para-hydroxylation sites is 1. The van der Waals surface area contributed by atoms with E-state index < -0.39 is 17.1 Å². The van der Waals surface area contributed by atoms with Crippen molar-refractivity contribution in [3.05, 3.63) is 108 Å². The van der Waals surface area contributed by atoms with Crippen LogP contribution >= 0.6 is 50.6 Å². The maximum Gasteiger partial charge on any atom is 0.308 e. The quantitative estimate of drug-likeness (QED) is 0.280. The Labute approximate surface area is 244 Å². The third kappa shape index (κ3) is 4.75. The molecule has 2 aliphatic rings. The van der Waals surface area contributed by atoms with E-state index in [1.54, 1.807) is 36.4 Å². The first kappa shape index (κ1) is 26.1. The first-order chi connectivity index (χ1) is 18.8. The Morgan fingerprint density at radius 3 is 2.41 bits per heavy atom. The van der Waals surface area contributed by atoms with Gasteiger partial charge in [-0.15, -0.1) is 0 Å². The Bertz CT molecular complexity index is 1670. The van der Waals surface area contributed by atoms with Gasteiger partial charge in [0.15, 0.2) is 0 Å². The lowest BCUT2D eigenvalue weighted by Crippen LogP contribution is -2.33. The van der Waals surface area contributed by atoms with Gasteiger partial charge in [0.25, 0.3) is 0 Å². The second-order valence-electron chi connectivity index (χ2n) is 9.12. The van der Waals surface area contributed by atoms with E-state index in [1.807, 2.05) is 42.5 Å². The van der Waals surface area contributed by atoms with Crippen LogP contribution in [-0.4, -0.2) is 27.5 Å². The van der Waals surface area contributed by atoms with Crippen molar-refractivity contribution in [2.24, 2.45) is 5.92 Å². The molecule has 196 valence electrons. The molecule has 3 amide bonds. The summed E-state index contributed by atoms with van der Waals surface area (Å²) in [6, 6.07) is 23.1. The number of nitrogens with one attached hydrogen (secondary N) is 1. The minimum atomic E-state index is -0.762. The number of rotatable bonds is 5.